The zero-order valence-corrected chi connectivity index (χ0v) is 11.1. The second-order valence-corrected chi connectivity index (χ2v) is 4.50. The van der Waals surface area contributed by atoms with E-state index in [-0.39, 0.29) is 24.4 Å². The van der Waals surface area contributed by atoms with E-state index in [2.05, 4.69) is 17.1 Å². The van der Waals surface area contributed by atoms with E-state index in [1.165, 1.54) is 0 Å². The fraction of sp³-hybridized carbons (Fsp3) is 0.909. The van der Waals surface area contributed by atoms with Crippen molar-refractivity contribution in [2.24, 2.45) is 11.7 Å². The number of hydrogen-bond acceptors (Lipinski definition) is 3. The molecule has 2 atom stereocenters. The Kier molecular flexibility index (Phi) is 7.72. The fourth-order valence-corrected chi connectivity index (χ4v) is 1.87. The van der Waals surface area contributed by atoms with Crippen molar-refractivity contribution in [2.75, 3.05) is 26.2 Å². The van der Waals surface area contributed by atoms with Crippen molar-refractivity contribution in [3.8, 4) is 0 Å². The molecule has 1 rings (SSSR count). The monoisotopic (exact) mass is 249 g/mol. The first-order chi connectivity index (χ1) is 7.15. The van der Waals surface area contributed by atoms with Crippen LogP contribution in [0.4, 0.5) is 0 Å². The minimum atomic E-state index is 0. The average Bonchev–Trinajstić information content (AvgIpc) is 2.65. The third-order valence-corrected chi connectivity index (χ3v) is 3.09. The molecule has 1 heterocycles. The minimum absolute atomic E-state index is 0. The van der Waals surface area contributed by atoms with Gasteiger partial charge >= 0.3 is 0 Å². The second-order valence-electron chi connectivity index (χ2n) is 4.50. The summed E-state index contributed by atoms with van der Waals surface area (Å²) in [6, 6.07) is 0.283. The summed E-state index contributed by atoms with van der Waals surface area (Å²) >= 11 is 0. The fourth-order valence-electron chi connectivity index (χ4n) is 1.87. The standard InChI is InChI=1S/C11H23N3O.ClH/c1-3-9(2)13-11(15)8-14-5-4-10(6-12)7-14;/h9-10H,3-8,12H2,1-2H3,(H,13,15);1H. The number of rotatable bonds is 5. The first-order valence-corrected chi connectivity index (χ1v) is 5.87. The van der Waals surface area contributed by atoms with Crippen molar-refractivity contribution in [3.63, 3.8) is 0 Å². The summed E-state index contributed by atoms with van der Waals surface area (Å²) in [5, 5.41) is 2.98. The van der Waals surface area contributed by atoms with Crippen LogP contribution in [0.25, 0.3) is 0 Å². The molecule has 0 aromatic rings. The third kappa shape index (κ3) is 5.14. The Morgan fingerprint density at radius 1 is 1.62 bits per heavy atom. The lowest BCUT2D eigenvalue weighted by atomic mass is 10.1. The number of hydrogen-bond donors (Lipinski definition) is 2. The van der Waals surface area contributed by atoms with Crippen molar-refractivity contribution < 1.29 is 4.79 Å². The van der Waals surface area contributed by atoms with E-state index in [0.29, 0.717) is 12.5 Å². The smallest absolute Gasteiger partial charge is 0.234 e. The van der Waals surface area contributed by atoms with Crippen molar-refractivity contribution in [1.82, 2.24) is 10.2 Å². The quantitative estimate of drug-likeness (QED) is 0.751. The molecule has 4 nitrogen and oxygen atoms in total. The minimum Gasteiger partial charge on any atom is -0.353 e. The number of likely N-dealkylation sites (tertiary alicyclic amines) is 1. The van der Waals surface area contributed by atoms with E-state index in [4.69, 9.17) is 5.73 Å². The molecular formula is C11H24ClN3O. The zero-order valence-electron chi connectivity index (χ0n) is 10.2. The summed E-state index contributed by atoms with van der Waals surface area (Å²) in [7, 11) is 0. The maximum absolute atomic E-state index is 11.6. The van der Waals surface area contributed by atoms with Gasteiger partial charge in [0, 0.05) is 12.6 Å². The van der Waals surface area contributed by atoms with E-state index in [1.807, 2.05) is 6.92 Å². The predicted molar refractivity (Wildman–Crippen MR) is 68.7 cm³/mol. The molecular weight excluding hydrogens is 226 g/mol. The van der Waals surface area contributed by atoms with Crippen molar-refractivity contribution in [3.05, 3.63) is 0 Å². The normalized spacial score (nSPS) is 22.6. The summed E-state index contributed by atoms with van der Waals surface area (Å²) in [6.45, 7) is 7.36. The summed E-state index contributed by atoms with van der Waals surface area (Å²) < 4.78 is 0. The van der Waals surface area contributed by atoms with E-state index >= 15 is 0 Å². The van der Waals surface area contributed by atoms with Crippen molar-refractivity contribution in [2.45, 2.75) is 32.7 Å². The lowest BCUT2D eigenvalue weighted by molar-refractivity contribution is -0.122. The number of nitrogens with one attached hydrogen (secondary N) is 1. The number of nitrogens with zero attached hydrogens (tertiary/aromatic N) is 1. The third-order valence-electron chi connectivity index (χ3n) is 3.09. The lowest BCUT2D eigenvalue weighted by Gasteiger charge is -2.17. The molecule has 1 fully saturated rings. The van der Waals surface area contributed by atoms with Gasteiger partial charge in [0.15, 0.2) is 0 Å². The van der Waals surface area contributed by atoms with Crippen LogP contribution in [-0.2, 0) is 4.79 Å². The molecule has 0 aromatic heterocycles. The Balaban J connectivity index is 0.00000225. The van der Waals surface area contributed by atoms with Crippen LogP contribution >= 0.6 is 12.4 Å². The zero-order chi connectivity index (χ0) is 11.3. The summed E-state index contributed by atoms with van der Waals surface area (Å²) in [5.41, 5.74) is 5.60. The highest BCUT2D eigenvalue weighted by Crippen LogP contribution is 2.13. The molecule has 16 heavy (non-hydrogen) atoms. The van der Waals surface area contributed by atoms with Gasteiger partial charge in [-0.2, -0.15) is 0 Å². The molecule has 1 aliphatic heterocycles. The average molecular weight is 250 g/mol. The van der Waals surface area contributed by atoms with E-state index in [9.17, 15) is 4.79 Å². The van der Waals surface area contributed by atoms with Crippen LogP contribution in [0.1, 0.15) is 26.7 Å². The first kappa shape index (κ1) is 15.7. The molecule has 0 aromatic carbocycles. The number of nitrogens with two attached hydrogens (primary N) is 1. The lowest BCUT2D eigenvalue weighted by Crippen LogP contribution is -2.40. The van der Waals surface area contributed by atoms with Crippen LogP contribution in [0.2, 0.25) is 0 Å². The molecule has 2 unspecified atom stereocenters. The van der Waals surface area contributed by atoms with Gasteiger partial charge in [-0.05, 0) is 38.8 Å². The summed E-state index contributed by atoms with van der Waals surface area (Å²) in [6.07, 6.45) is 2.12. The molecule has 1 amide bonds. The predicted octanol–water partition coefficient (Wildman–Crippen LogP) is 0.604. The highest BCUT2D eigenvalue weighted by atomic mass is 35.5. The summed E-state index contributed by atoms with van der Waals surface area (Å²) in [5.74, 6) is 0.725. The van der Waals surface area contributed by atoms with Crippen LogP contribution in [0, 0.1) is 5.92 Å². The Morgan fingerprint density at radius 3 is 2.81 bits per heavy atom. The second kappa shape index (κ2) is 7.87. The summed E-state index contributed by atoms with van der Waals surface area (Å²) in [4.78, 5) is 13.8. The molecule has 96 valence electrons. The molecule has 1 saturated heterocycles. The Hall–Kier alpha value is -0.320. The van der Waals surface area contributed by atoms with Crippen molar-refractivity contribution >= 4 is 18.3 Å². The number of amides is 1. The highest BCUT2D eigenvalue weighted by Gasteiger charge is 2.22. The van der Waals surface area contributed by atoms with Gasteiger partial charge in [-0.1, -0.05) is 6.92 Å². The van der Waals surface area contributed by atoms with Crippen LogP contribution in [0.3, 0.4) is 0 Å². The Labute approximate surface area is 104 Å². The van der Waals surface area contributed by atoms with Gasteiger partial charge in [0.05, 0.1) is 6.54 Å². The Bertz CT molecular complexity index is 213. The molecule has 0 radical (unpaired) electrons. The van der Waals surface area contributed by atoms with Gasteiger partial charge in [0.2, 0.25) is 5.91 Å². The molecule has 0 bridgehead atoms. The van der Waals surface area contributed by atoms with Crippen LogP contribution < -0.4 is 11.1 Å². The largest absolute Gasteiger partial charge is 0.353 e. The molecule has 0 aliphatic carbocycles. The van der Waals surface area contributed by atoms with E-state index in [1.54, 1.807) is 0 Å². The first-order valence-electron chi connectivity index (χ1n) is 5.87. The Morgan fingerprint density at radius 2 is 2.31 bits per heavy atom. The van der Waals surface area contributed by atoms with Gasteiger partial charge in [-0.25, -0.2) is 0 Å². The van der Waals surface area contributed by atoms with Crippen LogP contribution in [0.15, 0.2) is 0 Å². The molecule has 1 aliphatic rings. The molecule has 5 heteroatoms. The van der Waals surface area contributed by atoms with Crippen molar-refractivity contribution in [1.29, 1.82) is 0 Å². The molecule has 0 spiro atoms. The van der Waals surface area contributed by atoms with E-state index in [0.717, 1.165) is 32.5 Å². The van der Waals surface area contributed by atoms with Crippen LogP contribution in [0.5, 0.6) is 0 Å². The van der Waals surface area contributed by atoms with Gasteiger partial charge in [0.1, 0.15) is 0 Å². The van der Waals surface area contributed by atoms with Gasteiger partial charge in [-0.15, -0.1) is 12.4 Å². The highest BCUT2D eigenvalue weighted by molar-refractivity contribution is 5.85. The maximum atomic E-state index is 11.6. The molecule has 0 saturated carbocycles. The van der Waals surface area contributed by atoms with Crippen LogP contribution in [-0.4, -0.2) is 43.0 Å². The van der Waals surface area contributed by atoms with Gasteiger partial charge < -0.3 is 11.1 Å². The van der Waals surface area contributed by atoms with Gasteiger partial charge in [-0.3, -0.25) is 9.69 Å². The number of carbonyl (C=O) groups excluding carboxylic acids is 1. The number of carbonyl (C=O) groups is 1. The van der Waals surface area contributed by atoms with Gasteiger partial charge in [0.25, 0.3) is 0 Å². The topological polar surface area (TPSA) is 58.4 Å². The number of halogens is 1. The SMILES string of the molecule is CCC(C)NC(=O)CN1CCC(CN)C1.Cl. The van der Waals surface area contributed by atoms with E-state index < -0.39 is 0 Å². The maximum Gasteiger partial charge on any atom is 0.234 e. The molecule has 3 N–H and O–H groups in total.